The predicted molar refractivity (Wildman–Crippen MR) is 166 cm³/mol. The summed E-state index contributed by atoms with van der Waals surface area (Å²) in [6.07, 6.45) is 0.581. The molecule has 250 valence electrons. The Morgan fingerprint density at radius 1 is 1.06 bits per heavy atom. The van der Waals surface area contributed by atoms with Crippen molar-refractivity contribution < 1.29 is 36.6 Å². The molecule has 4 fully saturated rings. The molecule has 2 saturated heterocycles. The first kappa shape index (κ1) is 32.5. The molecular weight excluding hydrogens is 620 g/mol. The molecule has 3 heterocycles. The summed E-state index contributed by atoms with van der Waals surface area (Å²) in [5, 5.41) is 8.59. The Labute approximate surface area is 269 Å². The lowest BCUT2D eigenvalue weighted by Crippen LogP contribution is -2.66. The number of fused-ring (bicyclic) bond motifs is 2. The second-order valence-corrected chi connectivity index (χ2v) is 12.8. The number of nitrogens with one attached hydrogen (secondary N) is 3. The number of benzene rings is 2. The summed E-state index contributed by atoms with van der Waals surface area (Å²) in [6.45, 7) is 6.12. The number of hydrogen-bond donors (Lipinski definition) is 3. The van der Waals surface area contributed by atoms with Gasteiger partial charge in [0.15, 0.2) is 5.82 Å². The third-order valence-electron chi connectivity index (χ3n) is 9.72. The second-order valence-electron chi connectivity index (χ2n) is 12.8. The van der Waals surface area contributed by atoms with Crippen molar-refractivity contribution in [3.05, 3.63) is 65.7 Å². The number of carbonyl (C=O) groups is 2. The van der Waals surface area contributed by atoms with Gasteiger partial charge in [0.1, 0.15) is 17.7 Å². The molecule has 2 aliphatic heterocycles. The molecule has 4 atom stereocenters. The maximum atomic E-state index is 13.4. The zero-order valence-corrected chi connectivity index (χ0v) is 25.9. The first-order chi connectivity index (χ1) is 22.5. The Morgan fingerprint density at radius 3 is 2.36 bits per heavy atom. The zero-order valence-electron chi connectivity index (χ0n) is 25.9. The Hall–Kier alpha value is -4.46. The summed E-state index contributed by atoms with van der Waals surface area (Å²) in [4.78, 5) is 34.2. The molecule has 2 aliphatic carbocycles. The van der Waals surface area contributed by atoms with Crippen LogP contribution in [0.2, 0.25) is 0 Å². The topological polar surface area (TPSA) is 118 Å². The van der Waals surface area contributed by atoms with Gasteiger partial charge in [-0.1, -0.05) is 6.92 Å². The van der Waals surface area contributed by atoms with Gasteiger partial charge in [0.05, 0.1) is 31.3 Å². The molecule has 2 saturated carbocycles. The molecule has 2 amide bonds. The second kappa shape index (κ2) is 13.0. The number of ether oxygens (including phenoxy) is 2. The van der Waals surface area contributed by atoms with E-state index in [1.165, 1.54) is 38.4 Å². The summed E-state index contributed by atoms with van der Waals surface area (Å²) < 4.78 is 59.8. The number of halogens is 4. The van der Waals surface area contributed by atoms with Crippen LogP contribution in [0.5, 0.6) is 5.88 Å². The molecule has 7 rings (SSSR count). The van der Waals surface area contributed by atoms with E-state index in [-0.39, 0.29) is 29.9 Å². The fourth-order valence-electron chi connectivity index (χ4n) is 7.19. The van der Waals surface area contributed by atoms with Gasteiger partial charge >= 0.3 is 6.18 Å². The van der Waals surface area contributed by atoms with E-state index < -0.39 is 17.6 Å². The molecule has 0 radical (unpaired) electrons. The predicted octanol–water partition coefficient (Wildman–Crippen LogP) is 5.64. The number of amides is 2. The molecule has 47 heavy (non-hydrogen) atoms. The van der Waals surface area contributed by atoms with Gasteiger partial charge in [-0.15, -0.1) is 0 Å². The van der Waals surface area contributed by atoms with Crippen molar-refractivity contribution in [3.8, 4) is 5.88 Å². The van der Waals surface area contributed by atoms with Crippen LogP contribution in [0.25, 0.3) is 0 Å². The van der Waals surface area contributed by atoms with Gasteiger partial charge in [-0.3, -0.25) is 9.59 Å². The number of nitrogens with zero attached hydrogens (tertiary/aromatic N) is 3. The van der Waals surface area contributed by atoms with Crippen LogP contribution in [0.15, 0.2) is 48.8 Å². The Bertz CT molecular complexity index is 1610. The Balaban J connectivity index is 0.000000233. The van der Waals surface area contributed by atoms with E-state index in [0.29, 0.717) is 40.8 Å². The standard InChI is InChI=1S/C25H31N5O3.C8H5F4NO/c1-15-16-3-4-17(9-16)21(15)29-23(31)20-22(26-14-27-24(20)32-2)28-18-5-7-19(8-6-18)30-10-25(11-30)12-33-13-25;9-7-2-1-5(13-4-14)3-6(7)8(10,11)12/h5-8,14-17,21H,3-4,9-13H2,1-2H3,(H,29,31)(H,26,27,28);1-4H,(H,13,14)/t15?,16-,17?,21?;/m1./s1. The molecule has 1 spiro atoms. The highest BCUT2D eigenvalue weighted by Crippen LogP contribution is 2.48. The number of hydrogen-bond acceptors (Lipinski definition) is 8. The molecule has 3 unspecified atom stereocenters. The lowest BCUT2D eigenvalue weighted by atomic mass is 9.78. The first-order valence-corrected chi connectivity index (χ1v) is 15.5. The van der Waals surface area contributed by atoms with E-state index >= 15 is 0 Å². The molecular formula is C33H36F4N6O4. The third-order valence-corrected chi connectivity index (χ3v) is 9.72. The van der Waals surface area contributed by atoms with Crippen molar-refractivity contribution in [2.45, 2.75) is 38.4 Å². The van der Waals surface area contributed by atoms with Gasteiger partial charge in [-0.05, 0) is 79.5 Å². The maximum Gasteiger partial charge on any atom is 0.419 e. The fourth-order valence-corrected chi connectivity index (χ4v) is 7.19. The number of anilines is 4. The van der Waals surface area contributed by atoms with E-state index in [0.717, 1.165) is 44.0 Å². The lowest BCUT2D eigenvalue weighted by Gasteiger charge is -2.56. The highest BCUT2D eigenvalue weighted by atomic mass is 19.4. The van der Waals surface area contributed by atoms with Crippen LogP contribution in [-0.4, -0.2) is 61.7 Å². The van der Waals surface area contributed by atoms with Gasteiger partial charge in [-0.25, -0.2) is 14.4 Å². The highest BCUT2D eigenvalue weighted by Gasteiger charge is 2.49. The van der Waals surface area contributed by atoms with Gasteiger partial charge in [-0.2, -0.15) is 13.2 Å². The molecule has 4 aliphatic rings. The van der Waals surface area contributed by atoms with E-state index in [1.54, 1.807) is 0 Å². The van der Waals surface area contributed by atoms with Gasteiger partial charge in [0.2, 0.25) is 12.3 Å². The molecule has 1 aromatic heterocycles. The van der Waals surface area contributed by atoms with E-state index in [9.17, 15) is 27.2 Å². The SMILES string of the molecule is COc1ncnc(Nc2ccc(N3CC4(COC4)C3)cc2)c1C(=O)NC1C2CC[C@H](C2)C1C.O=CNc1ccc(F)c(C(F)(F)F)c1. The zero-order chi connectivity index (χ0) is 33.3. The van der Waals surface area contributed by atoms with E-state index in [1.807, 2.05) is 17.4 Å². The van der Waals surface area contributed by atoms with Crippen LogP contribution in [0.1, 0.15) is 42.1 Å². The van der Waals surface area contributed by atoms with Crippen molar-refractivity contribution in [1.29, 1.82) is 0 Å². The quantitative estimate of drug-likeness (QED) is 0.211. The van der Waals surface area contributed by atoms with Crippen molar-refractivity contribution in [2.24, 2.45) is 23.2 Å². The minimum absolute atomic E-state index is 0.103. The molecule has 2 bridgehead atoms. The monoisotopic (exact) mass is 656 g/mol. The van der Waals surface area contributed by atoms with E-state index in [4.69, 9.17) is 9.47 Å². The minimum atomic E-state index is -4.76. The van der Waals surface area contributed by atoms with Crippen molar-refractivity contribution in [1.82, 2.24) is 15.3 Å². The normalized spacial score (nSPS) is 23.6. The van der Waals surface area contributed by atoms with E-state index in [2.05, 4.69) is 44.6 Å². The summed E-state index contributed by atoms with van der Waals surface area (Å²) in [5.41, 5.74) is 1.30. The summed E-state index contributed by atoms with van der Waals surface area (Å²) in [5.74, 6) is 0.991. The smallest absolute Gasteiger partial charge is 0.419 e. The fraction of sp³-hybridized carbons (Fsp3) is 0.455. The summed E-state index contributed by atoms with van der Waals surface area (Å²) >= 11 is 0. The number of alkyl halides is 3. The molecule has 3 N–H and O–H groups in total. The number of methoxy groups -OCH3 is 1. The van der Waals surface area contributed by atoms with Crippen molar-refractivity contribution in [2.75, 3.05) is 48.9 Å². The largest absolute Gasteiger partial charge is 0.480 e. The summed E-state index contributed by atoms with van der Waals surface area (Å²) in [6, 6.07) is 10.7. The molecule has 10 nitrogen and oxygen atoms in total. The minimum Gasteiger partial charge on any atom is -0.480 e. The Morgan fingerprint density at radius 2 is 1.77 bits per heavy atom. The molecule has 14 heteroatoms. The number of carbonyl (C=O) groups excluding carboxylic acids is 2. The third kappa shape index (κ3) is 6.69. The highest BCUT2D eigenvalue weighted by molar-refractivity contribution is 6.01. The Kier molecular flexibility index (Phi) is 8.97. The average molecular weight is 657 g/mol. The van der Waals surface area contributed by atoms with Crippen LogP contribution in [0, 0.1) is 29.0 Å². The average Bonchev–Trinajstić information content (AvgIpc) is 3.60. The van der Waals surface area contributed by atoms with Crippen LogP contribution >= 0.6 is 0 Å². The molecule has 2 aromatic carbocycles. The lowest BCUT2D eigenvalue weighted by molar-refractivity contribution is -0.140. The van der Waals surface area contributed by atoms with Crippen LogP contribution in [0.3, 0.4) is 0 Å². The van der Waals surface area contributed by atoms with Gasteiger partial charge in [0, 0.05) is 36.2 Å². The number of rotatable bonds is 8. The van der Waals surface area contributed by atoms with Crippen molar-refractivity contribution >= 4 is 35.2 Å². The van der Waals surface area contributed by atoms with Crippen molar-refractivity contribution in [3.63, 3.8) is 0 Å². The van der Waals surface area contributed by atoms with Crippen LogP contribution < -0.4 is 25.6 Å². The summed E-state index contributed by atoms with van der Waals surface area (Å²) in [7, 11) is 1.53. The first-order valence-electron chi connectivity index (χ1n) is 15.5. The number of aromatic nitrogens is 2. The van der Waals surface area contributed by atoms with Gasteiger partial charge in [0.25, 0.3) is 5.91 Å². The van der Waals surface area contributed by atoms with Crippen LogP contribution in [0.4, 0.5) is 40.4 Å². The van der Waals surface area contributed by atoms with Crippen LogP contribution in [-0.2, 0) is 15.7 Å². The molecule has 3 aromatic rings. The van der Waals surface area contributed by atoms with Gasteiger partial charge < -0.3 is 30.3 Å². The maximum absolute atomic E-state index is 13.4.